The van der Waals surface area contributed by atoms with Crippen molar-refractivity contribution in [2.24, 2.45) is 0 Å². The van der Waals surface area contributed by atoms with Crippen LogP contribution < -0.4 is 10.5 Å². The van der Waals surface area contributed by atoms with E-state index in [1.807, 2.05) is 0 Å². The molecule has 0 aliphatic rings. The van der Waals surface area contributed by atoms with Gasteiger partial charge in [0, 0.05) is 6.07 Å². The number of rotatable bonds is 3. The number of anilines is 1. The van der Waals surface area contributed by atoms with Crippen LogP contribution in [0.15, 0.2) is 36.4 Å². The Hall–Kier alpha value is -1.81. The van der Waals surface area contributed by atoms with Gasteiger partial charge in [-0.15, -0.1) is 0 Å². The van der Waals surface area contributed by atoms with Crippen molar-refractivity contribution in [3.05, 3.63) is 58.6 Å². The van der Waals surface area contributed by atoms with E-state index in [9.17, 15) is 8.78 Å². The number of nitrogens with two attached hydrogens (primary N) is 1. The number of hydrogen-bond donors (Lipinski definition) is 1. The second kappa shape index (κ2) is 5.23. The molecule has 0 heterocycles. The molecule has 0 unspecified atom stereocenters. The highest BCUT2D eigenvalue weighted by Crippen LogP contribution is 2.20. The summed E-state index contributed by atoms with van der Waals surface area (Å²) in [7, 11) is 0. The van der Waals surface area contributed by atoms with Crippen molar-refractivity contribution in [1.29, 1.82) is 0 Å². The maximum Gasteiger partial charge on any atom is 0.149 e. The molecule has 0 spiro atoms. The summed E-state index contributed by atoms with van der Waals surface area (Å²) in [6, 6.07) is 8.49. The lowest BCUT2D eigenvalue weighted by Crippen LogP contribution is -1.98. The van der Waals surface area contributed by atoms with Crippen LogP contribution >= 0.6 is 11.6 Å². The molecule has 94 valence electrons. The van der Waals surface area contributed by atoms with Crippen molar-refractivity contribution in [3.63, 3.8) is 0 Å². The van der Waals surface area contributed by atoms with Crippen molar-refractivity contribution < 1.29 is 13.5 Å². The Balaban J connectivity index is 2.06. The van der Waals surface area contributed by atoms with E-state index in [1.165, 1.54) is 24.3 Å². The zero-order chi connectivity index (χ0) is 13.1. The summed E-state index contributed by atoms with van der Waals surface area (Å²) in [6.45, 7) is 0.122. The van der Waals surface area contributed by atoms with Gasteiger partial charge in [-0.2, -0.15) is 0 Å². The first-order valence-corrected chi connectivity index (χ1v) is 5.56. The van der Waals surface area contributed by atoms with Crippen molar-refractivity contribution in [3.8, 4) is 5.75 Å². The van der Waals surface area contributed by atoms with Gasteiger partial charge in [-0.1, -0.05) is 17.7 Å². The molecule has 0 aliphatic carbocycles. The first-order chi connectivity index (χ1) is 8.56. The van der Waals surface area contributed by atoms with Crippen molar-refractivity contribution in [2.75, 3.05) is 5.73 Å². The molecule has 0 atom stereocenters. The van der Waals surface area contributed by atoms with Gasteiger partial charge in [0.15, 0.2) is 0 Å². The predicted octanol–water partition coefficient (Wildman–Crippen LogP) is 3.78. The molecule has 2 aromatic carbocycles. The van der Waals surface area contributed by atoms with Gasteiger partial charge >= 0.3 is 0 Å². The SMILES string of the molecule is Nc1ccc(OCc2ccc(Cl)c(F)c2)cc1F. The Morgan fingerprint density at radius 1 is 1.06 bits per heavy atom. The molecule has 5 heteroatoms. The number of ether oxygens (including phenoxy) is 1. The fourth-order valence-electron chi connectivity index (χ4n) is 1.39. The molecule has 2 N–H and O–H groups in total. The van der Waals surface area contributed by atoms with Gasteiger partial charge in [0.25, 0.3) is 0 Å². The van der Waals surface area contributed by atoms with Gasteiger partial charge in [0.05, 0.1) is 10.7 Å². The predicted molar refractivity (Wildman–Crippen MR) is 66.6 cm³/mol. The van der Waals surface area contributed by atoms with Crippen LogP contribution in [0, 0.1) is 11.6 Å². The summed E-state index contributed by atoms with van der Waals surface area (Å²) >= 11 is 5.56. The van der Waals surface area contributed by atoms with Crippen molar-refractivity contribution >= 4 is 17.3 Å². The molecule has 0 saturated carbocycles. The highest BCUT2D eigenvalue weighted by molar-refractivity contribution is 6.30. The van der Waals surface area contributed by atoms with Gasteiger partial charge in [-0.3, -0.25) is 0 Å². The first kappa shape index (κ1) is 12.6. The molecule has 0 saturated heterocycles. The van der Waals surface area contributed by atoms with Crippen LogP contribution in [0.4, 0.5) is 14.5 Å². The monoisotopic (exact) mass is 269 g/mol. The summed E-state index contributed by atoms with van der Waals surface area (Å²) < 4.78 is 31.6. The molecular weight excluding hydrogens is 260 g/mol. The van der Waals surface area contributed by atoms with Crippen LogP contribution in [0.1, 0.15) is 5.56 Å². The van der Waals surface area contributed by atoms with E-state index in [-0.39, 0.29) is 17.3 Å². The lowest BCUT2D eigenvalue weighted by atomic mass is 10.2. The summed E-state index contributed by atoms with van der Waals surface area (Å²) in [5.74, 6) is -0.729. The molecule has 0 aromatic heterocycles. The Bertz CT molecular complexity index is 523. The van der Waals surface area contributed by atoms with Crippen molar-refractivity contribution in [2.45, 2.75) is 6.61 Å². The van der Waals surface area contributed by atoms with E-state index >= 15 is 0 Å². The Kier molecular flexibility index (Phi) is 3.67. The lowest BCUT2D eigenvalue weighted by Gasteiger charge is -2.07. The third-order valence-corrected chi connectivity index (χ3v) is 2.67. The Labute approximate surface area is 108 Å². The van der Waals surface area contributed by atoms with Gasteiger partial charge in [-0.05, 0) is 29.8 Å². The zero-order valence-corrected chi connectivity index (χ0v) is 10.0. The van der Waals surface area contributed by atoms with E-state index in [0.29, 0.717) is 11.3 Å². The minimum atomic E-state index is -0.546. The molecule has 18 heavy (non-hydrogen) atoms. The van der Waals surface area contributed by atoms with Gasteiger partial charge in [0.1, 0.15) is 24.0 Å². The van der Waals surface area contributed by atoms with E-state index < -0.39 is 11.6 Å². The molecule has 0 fully saturated rings. The molecule has 0 radical (unpaired) electrons. The highest BCUT2D eigenvalue weighted by atomic mass is 35.5. The molecule has 0 aliphatic heterocycles. The second-order valence-corrected chi connectivity index (χ2v) is 4.13. The summed E-state index contributed by atoms with van der Waals surface area (Å²) in [5, 5.41) is 0.0530. The molecular formula is C13H10ClF2NO. The van der Waals surface area contributed by atoms with E-state index in [0.717, 1.165) is 0 Å². The van der Waals surface area contributed by atoms with Crippen molar-refractivity contribution in [1.82, 2.24) is 0 Å². The standard InChI is InChI=1S/C13H10ClF2NO/c14-10-3-1-8(5-11(10)15)7-18-9-2-4-13(17)12(16)6-9/h1-6H,7,17H2. The summed E-state index contributed by atoms with van der Waals surface area (Å²) in [4.78, 5) is 0. The van der Waals surface area contributed by atoms with Crippen LogP contribution in [0.5, 0.6) is 5.75 Å². The first-order valence-electron chi connectivity index (χ1n) is 5.18. The Morgan fingerprint density at radius 2 is 1.83 bits per heavy atom. The number of nitrogen functional groups attached to an aromatic ring is 1. The zero-order valence-electron chi connectivity index (χ0n) is 9.29. The topological polar surface area (TPSA) is 35.2 Å². The average Bonchev–Trinajstić information content (AvgIpc) is 2.35. The van der Waals surface area contributed by atoms with E-state index in [1.54, 1.807) is 12.1 Å². The molecule has 2 rings (SSSR count). The number of hydrogen-bond acceptors (Lipinski definition) is 2. The maximum atomic E-state index is 13.2. The van der Waals surface area contributed by atoms with Gasteiger partial charge in [0.2, 0.25) is 0 Å². The normalized spacial score (nSPS) is 10.4. The number of halogens is 3. The van der Waals surface area contributed by atoms with Crippen LogP contribution in [0.2, 0.25) is 5.02 Å². The van der Waals surface area contributed by atoms with Gasteiger partial charge < -0.3 is 10.5 Å². The molecule has 0 bridgehead atoms. The van der Waals surface area contributed by atoms with Crippen LogP contribution in [0.3, 0.4) is 0 Å². The van der Waals surface area contributed by atoms with Crippen LogP contribution in [-0.2, 0) is 6.61 Å². The third-order valence-electron chi connectivity index (χ3n) is 2.36. The highest BCUT2D eigenvalue weighted by Gasteiger charge is 2.04. The lowest BCUT2D eigenvalue weighted by molar-refractivity contribution is 0.304. The minimum Gasteiger partial charge on any atom is -0.489 e. The summed E-state index contributed by atoms with van der Waals surface area (Å²) in [6.07, 6.45) is 0. The fourth-order valence-corrected chi connectivity index (χ4v) is 1.51. The van der Waals surface area contributed by atoms with E-state index in [2.05, 4.69) is 0 Å². The maximum absolute atomic E-state index is 13.2. The van der Waals surface area contributed by atoms with Crippen LogP contribution in [0.25, 0.3) is 0 Å². The van der Waals surface area contributed by atoms with Crippen LogP contribution in [-0.4, -0.2) is 0 Å². The largest absolute Gasteiger partial charge is 0.489 e. The average molecular weight is 270 g/mol. The smallest absolute Gasteiger partial charge is 0.149 e. The fraction of sp³-hybridized carbons (Fsp3) is 0.0769. The summed E-state index contributed by atoms with van der Waals surface area (Å²) in [5.41, 5.74) is 6.00. The minimum absolute atomic E-state index is 0.0530. The van der Waals surface area contributed by atoms with Gasteiger partial charge in [-0.25, -0.2) is 8.78 Å². The third kappa shape index (κ3) is 2.90. The second-order valence-electron chi connectivity index (χ2n) is 3.72. The quantitative estimate of drug-likeness (QED) is 0.861. The number of benzene rings is 2. The molecule has 2 nitrogen and oxygen atoms in total. The Morgan fingerprint density at radius 3 is 2.50 bits per heavy atom. The molecule has 0 amide bonds. The van der Waals surface area contributed by atoms with E-state index in [4.69, 9.17) is 22.1 Å². The molecule has 2 aromatic rings.